The minimum Gasteiger partial charge on any atom is -0.505 e. The van der Waals surface area contributed by atoms with Crippen molar-refractivity contribution in [2.45, 2.75) is 27.7 Å². The third kappa shape index (κ3) is 10.6. The molecule has 1 heterocycles. The van der Waals surface area contributed by atoms with Gasteiger partial charge in [-0.05, 0) is 67.1 Å². The average Bonchev–Trinajstić information content (AvgIpc) is 3.58. The number of rotatable bonds is 17. The molecule has 7 N–H and O–H groups in total. The second-order valence-corrected chi connectivity index (χ2v) is 17.4. The van der Waals surface area contributed by atoms with E-state index in [1.165, 1.54) is 30.3 Å². The van der Waals surface area contributed by atoms with E-state index < -0.39 is 93.3 Å². The van der Waals surface area contributed by atoms with E-state index in [9.17, 15) is 68.9 Å². The average molecular weight is 957 g/mol. The van der Waals surface area contributed by atoms with Crippen molar-refractivity contribution in [3.63, 3.8) is 0 Å². The smallest absolute Gasteiger partial charge is 0.355 e. The molecule has 65 heavy (non-hydrogen) atoms. The Hall–Kier alpha value is -7.18. The third-order valence-electron chi connectivity index (χ3n) is 8.79. The molecule has 25 nitrogen and oxygen atoms in total. The summed E-state index contributed by atoms with van der Waals surface area (Å²) in [5.74, 6) is -3.73. The van der Waals surface area contributed by atoms with E-state index >= 15 is 0 Å². The van der Waals surface area contributed by atoms with E-state index in [0.29, 0.717) is 10.6 Å². The molecular weight excluding hydrogens is 925 g/mol. The van der Waals surface area contributed by atoms with Crippen LogP contribution in [0.5, 0.6) is 17.2 Å². The van der Waals surface area contributed by atoms with Crippen LogP contribution in [0.4, 0.5) is 34.1 Å². The van der Waals surface area contributed by atoms with E-state index in [1.807, 2.05) is 0 Å². The van der Waals surface area contributed by atoms with Crippen LogP contribution in [0.15, 0.2) is 129 Å². The standard InChI is InChI=1S/C37H32N8O17S3/c1-19-2-9-24(31(16-19)64(55,56)57)38-41-27-17-30(62-15-13-47)28(18-29(27)61-14-12-46)42-39-25-10-8-23-22(34(25)48)7-11-26(35(23)65(58,59)60)40-43-32-33(37(50)51)44-45(36(32)49)20-3-5-21(6-4-20)63(52,53)54/h2-11,16-18,32,46-48H,12-15H2,1H3,(H,50,51)(H,52,53,54)(H,55,56,57)(H,58,59,60). The summed E-state index contributed by atoms with van der Waals surface area (Å²) in [5, 5.41) is 67.3. The summed E-state index contributed by atoms with van der Waals surface area (Å²) in [6, 6.07) is 12.7. The van der Waals surface area contributed by atoms with Crippen molar-refractivity contribution in [3.8, 4) is 17.2 Å². The second kappa shape index (κ2) is 18.9. The van der Waals surface area contributed by atoms with Crippen LogP contribution >= 0.6 is 0 Å². The number of carboxylic acids is 1. The summed E-state index contributed by atoms with van der Waals surface area (Å²) >= 11 is 0. The second-order valence-electron chi connectivity index (χ2n) is 13.2. The number of hydrogen-bond acceptors (Lipinski definition) is 20. The molecule has 0 radical (unpaired) electrons. The van der Waals surface area contributed by atoms with Gasteiger partial charge in [-0.15, -0.1) is 20.5 Å². The van der Waals surface area contributed by atoms with Crippen molar-refractivity contribution < 1.29 is 78.4 Å². The maximum Gasteiger partial charge on any atom is 0.355 e. The Labute approximate surface area is 366 Å². The van der Waals surface area contributed by atoms with Crippen LogP contribution in [0.1, 0.15) is 5.56 Å². The molecule has 5 aromatic carbocycles. The zero-order valence-corrected chi connectivity index (χ0v) is 35.4. The fourth-order valence-electron chi connectivity index (χ4n) is 5.91. The van der Waals surface area contributed by atoms with Crippen molar-refractivity contribution in [2.24, 2.45) is 35.8 Å². The highest BCUT2D eigenvalue weighted by Crippen LogP contribution is 2.45. The van der Waals surface area contributed by atoms with Gasteiger partial charge in [0.15, 0.2) is 11.5 Å². The number of ether oxygens (including phenoxy) is 2. The first-order valence-corrected chi connectivity index (χ1v) is 22.4. The maximum atomic E-state index is 13.3. The van der Waals surface area contributed by atoms with Gasteiger partial charge in [0.1, 0.15) is 62.9 Å². The molecule has 1 unspecified atom stereocenters. The van der Waals surface area contributed by atoms with Gasteiger partial charge < -0.3 is 29.9 Å². The Kier molecular flexibility index (Phi) is 13.7. The van der Waals surface area contributed by atoms with Gasteiger partial charge in [0.05, 0.1) is 23.8 Å². The SMILES string of the molecule is Cc1ccc(N=Nc2cc(OCCO)c(N=Nc3ccc4c(S(=O)(=O)O)c(N=NC5C(=O)N(c6ccc(S(=O)(=O)O)cc6)N=C5C(=O)O)ccc4c3O)cc2OCCO)c(S(=O)(=O)O)c1. The van der Waals surface area contributed by atoms with Crippen LogP contribution in [-0.2, 0) is 39.9 Å². The molecule has 5 aromatic rings. The zero-order chi connectivity index (χ0) is 47.4. The van der Waals surface area contributed by atoms with Gasteiger partial charge in [0, 0.05) is 22.9 Å². The molecule has 28 heteroatoms. The number of amides is 1. The third-order valence-corrected chi connectivity index (χ3v) is 11.5. The number of carbonyl (C=O) groups excluding carboxylic acids is 1. The molecule has 1 aliphatic heterocycles. The molecule has 1 aliphatic rings. The number of aromatic hydroxyl groups is 1. The minimum atomic E-state index is -5.23. The number of benzene rings is 5. The van der Waals surface area contributed by atoms with Crippen LogP contribution in [0.3, 0.4) is 0 Å². The number of carbonyl (C=O) groups is 2. The minimum absolute atomic E-state index is 0.0967. The summed E-state index contributed by atoms with van der Waals surface area (Å²) in [7, 11) is -14.6. The summed E-state index contributed by atoms with van der Waals surface area (Å²) in [5.41, 5.74) is -1.86. The van der Waals surface area contributed by atoms with Crippen LogP contribution < -0.4 is 14.5 Å². The van der Waals surface area contributed by atoms with E-state index in [0.717, 1.165) is 48.5 Å². The Morgan fingerprint density at radius 1 is 0.677 bits per heavy atom. The lowest BCUT2D eigenvalue weighted by Gasteiger charge is -2.13. The number of fused-ring (bicyclic) bond motifs is 1. The summed E-state index contributed by atoms with van der Waals surface area (Å²) in [6.07, 6.45) is 0. The van der Waals surface area contributed by atoms with Gasteiger partial charge >= 0.3 is 5.97 Å². The number of phenols is 1. The lowest BCUT2D eigenvalue weighted by Crippen LogP contribution is -2.33. The lowest BCUT2D eigenvalue weighted by atomic mass is 10.1. The quantitative estimate of drug-likeness (QED) is 0.0470. The van der Waals surface area contributed by atoms with Gasteiger partial charge in [0.2, 0.25) is 6.04 Å². The van der Waals surface area contributed by atoms with Crippen LogP contribution in [0.25, 0.3) is 10.8 Å². The number of aliphatic hydroxyl groups excluding tert-OH is 2. The highest BCUT2D eigenvalue weighted by Gasteiger charge is 2.41. The van der Waals surface area contributed by atoms with E-state index in [-0.39, 0.29) is 63.9 Å². The van der Waals surface area contributed by atoms with Crippen molar-refractivity contribution in [1.82, 2.24) is 0 Å². The normalized spacial score (nSPS) is 14.9. The Balaban J connectivity index is 1.36. The first-order valence-electron chi connectivity index (χ1n) is 18.1. The number of hydrogen-bond donors (Lipinski definition) is 7. The lowest BCUT2D eigenvalue weighted by molar-refractivity contribution is -0.130. The van der Waals surface area contributed by atoms with E-state index in [2.05, 4.69) is 35.8 Å². The molecule has 340 valence electrons. The van der Waals surface area contributed by atoms with Crippen molar-refractivity contribution in [3.05, 3.63) is 84.4 Å². The van der Waals surface area contributed by atoms with Crippen molar-refractivity contribution >= 4 is 92.8 Å². The number of azo groups is 3. The number of carboxylic acid groups (broad SMARTS) is 1. The molecule has 0 spiro atoms. The first-order chi connectivity index (χ1) is 30.6. The highest BCUT2D eigenvalue weighted by molar-refractivity contribution is 7.86. The highest BCUT2D eigenvalue weighted by atomic mass is 32.2. The number of nitrogens with zero attached hydrogens (tertiary/aromatic N) is 8. The number of aliphatic carboxylic acids is 1. The number of hydrazone groups is 1. The van der Waals surface area contributed by atoms with Gasteiger partial charge in [0.25, 0.3) is 36.3 Å². The number of anilines is 1. The monoisotopic (exact) mass is 956 g/mol. The summed E-state index contributed by atoms with van der Waals surface area (Å²) in [4.78, 5) is 23.3. The molecule has 0 saturated carbocycles. The first kappa shape index (κ1) is 47.3. The van der Waals surface area contributed by atoms with E-state index in [1.54, 1.807) is 6.92 Å². The number of phenolic OH excluding ortho intramolecular Hbond substituents is 1. The Bertz CT molecular complexity index is 3200. The molecular formula is C37H32N8O17S3. The fourth-order valence-corrected chi connectivity index (χ4v) is 7.92. The van der Waals surface area contributed by atoms with Crippen molar-refractivity contribution in [2.75, 3.05) is 31.4 Å². The van der Waals surface area contributed by atoms with Gasteiger partial charge in [-0.1, -0.05) is 12.1 Å². The largest absolute Gasteiger partial charge is 0.505 e. The Morgan fingerprint density at radius 3 is 1.75 bits per heavy atom. The maximum absolute atomic E-state index is 13.3. The van der Waals surface area contributed by atoms with Crippen molar-refractivity contribution in [1.29, 1.82) is 0 Å². The number of aryl methyl sites for hydroxylation is 1. The van der Waals surface area contributed by atoms with E-state index in [4.69, 9.17) is 9.47 Å². The Morgan fingerprint density at radius 2 is 1.22 bits per heavy atom. The molecule has 0 bridgehead atoms. The molecule has 0 fully saturated rings. The summed E-state index contributed by atoms with van der Waals surface area (Å²) in [6.45, 7) is 0.0893. The molecule has 1 amide bonds. The zero-order valence-electron chi connectivity index (χ0n) is 32.9. The predicted octanol–water partition coefficient (Wildman–Crippen LogP) is 5.11. The van der Waals surface area contributed by atoms with Gasteiger partial charge in [-0.3, -0.25) is 18.5 Å². The van der Waals surface area contributed by atoms with Gasteiger partial charge in [-0.2, -0.15) is 45.6 Å². The fraction of sp³-hybridized carbons (Fsp3) is 0.162. The predicted molar refractivity (Wildman–Crippen MR) is 223 cm³/mol. The molecule has 0 saturated heterocycles. The van der Waals surface area contributed by atoms with Crippen LogP contribution in [0.2, 0.25) is 0 Å². The molecule has 1 atom stereocenters. The van der Waals surface area contributed by atoms with Crippen LogP contribution in [-0.4, -0.2) is 109 Å². The topological polar surface area (TPSA) is 386 Å². The number of aliphatic hydroxyl groups is 2. The van der Waals surface area contributed by atoms with Crippen LogP contribution in [0, 0.1) is 6.92 Å². The van der Waals surface area contributed by atoms with Gasteiger partial charge in [-0.25, -0.2) is 4.79 Å². The molecule has 0 aromatic heterocycles. The molecule has 6 rings (SSSR count). The summed E-state index contributed by atoms with van der Waals surface area (Å²) < 4.78 is 113. The molecule has 0 aliphatic carbocycles.